The summed E-state index contributed by atoms with van der Waals surface area (Å²) in [6, 6.07) is 2.06. The van der Waals surface area contributed by atoms with Gasteiger partial charge in [0, 0.05) is 18.1 Å². The molecule has 0 heterocycles. The number of hydrogen-bond acceptors (Lipinski definition) is 5. The first kappa shape index (κ1) is 25.9. The smallest absolute Gasteiger partial charge is 0.197 e. The Bertz CT molecular complexity index is 1020. The van der Waals surface area contributed by atoms with Gasteiger partial charge in [0.05, 0.1) is 5.56 Å². The van der Waals surface area contributed by atoms with Crippen LogP contribution in [0.4, 0.5) is 0 Å². The van der Waals surface area contributed by atoms with Crippen LogP contribution in [-0.4, -0.2) is 37.4 Å². The van der Waals surface area contributed by atoms with Crippen LogP contribution in [0.15, 0.2) is 46.6 Å². The van der Waals surface area contributed by atoms with E-state index in [0.29, 0.717) is 6.42 Å². The third-order valence-corrected chi connectivity index (χ3v) is 6.60. The number of aromatic hydroxyl groups is 2. The van der Waals surface area contributed by atoms with Crippen LogP contribution >= 0.6 is 11.6 Å². The normalized spacial score (nSPS) is 23.1. The Morgan fingerprint density at radius 2 is 1.66 bits per heavy atom. The first-order valence-corrected chi connectivity index (χ1v) is 11.1. The lowest BCUT2D eigenvalue weighted by molar-refractivity contribution is 0.00875. The lowest BCUT2D eigenvalue weighted by Crippen LogP contribution is -2.62. The molecule has 6 heteroatoms. The number of halogens is 1. The van der Waals surface area contributed by atoms with Gasteiger partial charge in [0.2, 0.25) is 0 Å². The van der Waals surface area contributed by atoms with Gasteiger partial charge >= 0.3 is 0 Å². The maximum atomic E-state index is 13.4. The number of allylic oxidation sites excluding steroid dienone is 5. The van der Waals surface area contributed by atoms with Gasteiger partial charge in [0.1, 0.15) is 16.4 Å². The molecule has 0 fully saturated rings. The van der Waals surface area contributed by atoms with Gasteiger partial charge in [-0.1, -0.05) is 34.4 Å². The monoisotopic (exact) mass is 460 g/mol. The van der Waals surface area contributed by atoms with E-state index in [4.69, 9.17) is 11.6 Å². The van der Waals surface area contributed by atoms with Crippen LogP contribution in [0.2, 0.25) is 0 Å². The summed E-state index contributed by atoms with van der Waals surface area (Å²) in [6.07, 6.45) is 6.47. The number of rotatable bonds is 7. The molecule has 3 N–H and O–H groups in total. The van der Waals surface area contributed by atoms with E-state index >= 15 is 0 Å². The molecule has 0 aromatic heterocycles. The summed E-state index contributed by atoms with van der Waals surface area (Å²) in [5.41, 5.74) is 1.45. The number of carbonyl (C=O) groups excluding carboxylic acids is 2. The van der Waals surface area contributed by atoms with E-state index in [2.05, 4.69) is 26.0 Å². The van der Waals surface area contributed by atoms with Crippen molar-refractivity contribution in [2.24, 2.45) is 0 Å². The van der Waals surface area contributed by atoms with Crippen molar-refractivity contribution < 1.29 is 24.9 Å². The molecule has 2 atom stereocenters. The molecular weight excluding hydrogens is 428 g/mol. The van der Waals surface area contributed by atoms with E-state index in [0.717, 1.165) is 36.1 Å². The zero-order valence-electron chi connectivity index (χ0n) is 19.7. The van der Waals surface area contributed by atoms with Crippen LogP contribution in [0.25, 0.3) is 0 Å². The van der Waals surface area contributed by atoms with Crippen LogP contribution in [0.1, 0.15) is 87.9 Å². The fourth-order valence-corrected chi connectivity index (χ4v) is 4.13. The quantitative estimate of drug-likeness (QED) is 0.342. The third kappa shape index (κ3) is 5.00. The molecule has 174 valence electrons. The molecular formula is C26H33ClO5. The summed E-state index contributed by atoms with van der Waals surface area (Å²) in [5.74, 6) is -2.46. The van der Waals surface area contributed by atoms with Crippen LogP contribution < -0.4 is 0 Å². The Morgan fingerprint density at radius 1 is 1.03 bits per heavy atom. The predicted molar refractivity (Wildman–Crippen MR) is 128 cm³/mol. The largest absolute Gasteiger partial charge is 0.508 e. The van der Waals surface area contributed by atoms with Crippen molar-refractivity contribution in [1.29, 1.82) is 0 Å². The van der Waals surface area contributed by atoms with Crippen molar-refractivity contribution in [2.75, 3.05) is 0 Å². The maximum Gasteiger partial charge on any atom is 0.197 e. The van der Waals surface area contributed by atoms with Crippen molar-refractivity contribution in [3.63, 3.8) is 0 Å². The molecule has 2 rings (SSSR count). The first-order valence-electron chi connectivity index (χ1n) is 10.7. The van der Waals surface area contributed by atoms with Crippen molar-refractivity contribution in [3.05, 3.63) is 57.7 Å². The summed E-state index contributed by atoms with van der Waals surface area (Å²) < 4.78 is 0. The number of Topliss-reactive ketones (excluding diaryl/α,β-unsaturated/α-hetero) is 2. The van der Waals surface area contributed by atoms with E-state index in [-0.39, 0.29) is 23.3 Å². The number of alkyl halides is 1. The Balaban J connectivity index is 2.41. The minimum atomic E-state index is -2.23. The second kappa shape index (κ2) is 9.63. The molecule has 1 aliphatic rings. The number of carbonyl (C=O) groups is 2. The predicted octanol–water partition coefficient (Wildman–Crippen LogP) is 6.01. The first-order chi connectivity index (χ1) is 14.7. The number of phenolic OH excluding ortho intramolecular Hbond substituents is 2. The molecule has 0 saturated heterocycles. The number of aliphatic hydroxyl groups is 1. The van der Waals surface area contributed by atoms with Gasteiger partial charge in [-0.3, -0.25) is 9.59 Å². The highest BCUT2D eigenvalue weighted by molar-refractivity contribution is 6.44. The molecule has 0 bridgehead atoms. The van der Waals surface area contributed by atoms with E-state index in [1.165, 1.54) is 18.1 Å². The number of ketones is 2. The lowest BCUT2D eigenvalue weighted by Gasteiger charge is -2.43. The molecule has 1 aliphatic carbocycles. The van der Waals surface area contributed by atoms with Crippen LogP contribution in [0.3, 0.4) is 0 Å². The van der Waals surface area contributed by atoms with Gasteiger partial charge in [0.15, 0.2) is 17.2 Å². The lowest BCUT2D eigenvalue weighted by atomic mass is 9.67. The Kier molecular flexibility index (Phi) is 7.79. The molecule has 0 aliphatic heterocycles. The molecule has 0 spiro atoms. The summed E-state index contributed by atoms with van der Waals surface area (Å²) in [5, 5.41) is 31.5. The Labute approximate surface area is 195 Å². The van der Waals surface area contributed by atoms with Crippen molar-refractivity contribution >= 4 is 23.2 Å². The maximum absolute atomic E-state index is 13.4. The zero-order chi connectivity index (χ0) is 24.4. The Hall–Kier alpha value is -2.37. The summed E-state index contributed by atoms with van der Waals surface area (Å²) in [6.45, 7) is 11.2. The third-order valence-electron chi connectivity index (χ3n) is 6.12. The highest BCUT2D eigenvalue weighted by Gasteiger charge is 2.61. The number of phenols is 2. The van der Waals surface area contributed by atoms with Crippen LogP contribution in [0, 0.1) is 0 Å². The number of hydrogen-bond donors (Lipinski definition) is 3. The SMILES string of the molecule is CC(C)=CCC/C(C)=C/CC(C[C@]1(O)C(=O)c2cc(O)cc(O)c2C(=O)[C@]1(C)Cl)=C(C)C. The fourth-order valence-electron chi connectivity index (χ4n) is 3.88. The molecule has 0 saturated carbocycles. The summed E-state index contributed by atoms with van der Waals surface area (Å²) in [4.78, 5) is 24.5. The number of fused-ring (bicyclic) bond motifs is 1. The van der Waals surface area contributed by atoms with Crippen molar-refractivity contribution in [2.45, 2.75) is 77.7 Å². The van der Waals surface area contributed by atoms with E-state index < -0.39 is 27.8 Å². The highest BCUT2D eigenvalue weighted by Crippen LogP contribution is 2.47. The zero-order valence-corrected chi connectivity index (χ0v) is 20.4. The van der Waals surface area contributed by atoms with Crippen molar-refractivity contribution in [1.82, 2.24) is 0 Å². The summed E-state index contributed by atoms with van der Waals surface area (Å²) >= 11 is 6.54. The minimum absolute atomic E-state index is 0.131. The van der Waals surface area contributed by atoms with Gasteiger partial charge in [-0.2, -0.15) is 0 Å². The van der Waals surface area contributed by atoms with Gasteiger partial charge in [-0.25, -0.2) is 0 Å². The topological polar surface area (TPSA) is 94.8 Å². The molecule has 32 heavy (non-hydrogen) atoms. The van der Waals surface area contributed by atoms with Gasteiger partial charge in [0.25, 0.3) is 0 Å². The molecule has 1 aromatic carbocycles. The summed E-state index contributed by atoms with van der Waals surface area (Å²) in [7, 11) is 0. The van der Waals surface area contributed by atoms with Crippen LogP contribution in [-0.2, 0) is 0 Å². The average Bonchev–Trinajstić information content (AvgIpc) is 2.67. The Morgan fingerprint density at radius 3 is 2.22 bits per heavy atom. The fraction of sp³-hybridized carbons (Fsp3) is 0.462. The van der Waals surface area contributed by atoms with Crippen molar-refractivity contribution in [3.8, 4) is 11.5 Å². The molecule has 5 nitrogen and oxygen atoms in total. The minimum Gasteiger partial charge on any atom is -0.508 e. The molecule has 0 amide bonds. The van der Waals surface area contributed by atoms with Gasteiger partial charge in [-0.15, -0.1) is 11.6 Å². The molecule has 1 aromatic rings. The van der Waals surface area contributed by atoms with E-state index in [1.807, 2.05) is 20.8 Å². The average molecular weight is 461 g/mol. The highest BCUT2D eigenvalue weighted by atomic mass is 35.5. The second-order valence-electron chi connectivity index (χ2n) is 9.26. The van der Waals surface area contributed by atoms with Gasteiger partial charge < -0.3 is 15.3 Å². The number of benzene rings is 1. The van der Waals surface area contributed by atoms with E-state index in [1.54, 1.807) is 0 Å². The van der Waals surface area contributed by atoms with E-state index in [9.17, 15) is 24.9 Å². The van der Waals surface area contributed by atoms with Crippen LogP contribution in [0.5, 0.6) is 11.5 Å². The molecule has 0 radical (unpaired) electrons. The molecule has 0 unspecified atom stereocenters. The second-order valence-corrected chi connectivity index (χ2v) is 10.0. The standard InChI is InChI=1S/C26H33ClO5/c1-15(2)8-7-9-17(5)10-11-18(16(3)4)14-26(32)23(30)20-12-19(28)13-21(29)22(20)24(31)25(26,6)27/h8,10,12-13,28-29,32H,7,9,11,14H2,1-6H3/b17-10+/t25-,26-/m0/s1. The van der Waals surface area contributed by atoms with Gasteiger partial charge in [-0.05, 0) is 66.9 Å².